The fourth-order valence-electron chi connectivity index (χ4n) is 1.55. The molecule has 0 bridgehead atoms. The van der Waals surface area contributed by atoms with E-state index in [-0.39, 0.29) is 11.8 Å². The molecule has 3 nitrogen and oxygen atoms in total. The highest BCUT2D eigenvalue weighted by Gasteiger charge is 2.16. The van der Waals surface area contributed by atoms with Gasteiger partial charge in [-0.3, -0.25) is 9.69 Å². The molecule has 2 N–H and O–H groups in total. The van der Waals surface area contributed by atoms with Gasteiger partial charge in [0.2, 0.25) is 0 Å². The quantitative estimate of drug-likeness (QED) is 0.612. The van der Waals surface area contributed by atoms with Gasteiger partial charge in [0, 0.05) is 12.6 Å². The number of carbonyl (C=O) groups excluding carboxylic acids is 1. The van der Waals surface area contributed by atoms with Crippen molar-refractivity contribution in [2.24, 2.45) is 5.73 Å². The summed E-state index contributed by atoms with van der Waals surface area (Å²) in [5.41, 5.74) is 5.75. The molecule has 0 saturated carbocycles. The van der Waals surface area contributed by atoms with Crippen molar-refractivity contribution in [2.75, 3.05) is 19.6 Å². The largest absolute Gasteiger partial charge is 0.327 e. The van der Waals surface area contributed by atoms with Gasteiger partial charge in [0.05, 0.1) is 6.54 Å². The second-order valence-electron chi connectivity index (χ2n) is 3.34. The van der Waals surface area contributed by atoms with Gasteiger partial charge in [-0.25, -0.2) is 0 Å². The van der Waals surface area contributed by atoms with Crippen LogP contribution in [0.2, 0.25) is 0 Å². The molecular weight excluding hydrogens is 140 g/mol. The van der Waals surface area contributed by atoms with E-state index in [0.29, 0.717) is 6.54 Å². The van der Waals surface area contributed by atoms with Crippen molar-refractivity contribution in [2.45, 2.75) is 25.8 Å². The normalized spacial score (nSPS) is 26.9. The van der Waals surface area contributed by atoms with Crippen molar-refractivity contribution in [3.05, 3.63) is 0 Å². The van der Waals surface area contributed by atoms with Crippen LogP contribution in [0.25, 0.3) is 0 Å². The van der Waals surface area contributed by atoms with Gasteiger partial charge in [-0.05, 0) is 26.3 Å². The molecule has 0 amide bonds. The minimum atomic E-state index is 0.235. The molecule has 64 valence electrons. The molecule has 11 heavy (non-hydrogen) atoms. The van der Waals surface area contributed by atoms with E-state index < -0.39 is 0 Å². The lowest BCUT2D eigenvalue weighted by molar-refractivity contribution is -0.118. The summed E-state index contributed by atoms with van der Waals surface area (Å²) in [6, 6.07) is 0.281. The Kier molecular flexibility index (Phi) is 3.02. The van der Waals surface area contributed by atoms with Crippen LogP contribution in [-0.4, -0.2) is 36.4 Å². The average Bonchev–Trinajstić information content (AvgIpc) is 1.85. The molecule has 1 aliphatic heterocycles. The summed E-state index contributed by atoms with van der Waals surface area (Å²) < 4.78 is 0. The van der Waals surface area contributed by atoms with Gasteiger partial charge in [-0.1, -0.05) is 0 Å². The molecule has 1 aliphatic rings. The lowest BCUT2D eigenvalue weighted by Crippen LogP contribution is -2.44. The molecule has 0 spiro atoms. The van der Waals surface area contributed by atoms with Crippen molar-refractivity contribution < 1.29 is 4.79 Å². The van der Waals surface area contributed by atoms with Gasteiger partial charge in [-0.2, -0.15) is 0 Å². The number of ketones is 1. The first-order valence-electron chi connectivity index (χ1n) is 4.16. The van der Waals surface area contributed by atoms with E-state index in [1.807, 2.05) is 0 Å². The summed E-state index contributed by atoms with van der Waals surface area (Å²) in [7, 11) is 0. The summed E-state index contributed by atoms with van der Waals surface area (Å²) in [6.07, 6.45) is 2.24. The Hall–Kier alpha value is -0.410. The van der Waals surface area contributed by atoms with E-state index in [0.717, 1.165) is 25.9 Å². The molecule has 1 unspecified atom stereocenters. The monoisotopic (exact) mass is 156 g/mol. The van der Waals surface area contributed by atoms with Crippen LogP contribution in [0, 0.1) is 0 Å². The number of piperidine rings is 1. The number of nitrogens with two attached hydrogens (primary N) is 1. The zero-order valence-corrected chi connectivity index (χ0v) is 7.05. The summed E-state index contributed by atoms with van der Waals surface area (Å²) in [5, 5.41) is 0. The fourth-order valence-corrected chi connectivity index (χ4v) is 1.55. The lowest BCUT2D eigenvalue weighted by atomic mass is 10.1. The molecule has 1 atom stereocenters. The predicted molar refractivity (Wildman–Crippen MR) is 44.3 cm³/mol. The highest BCUT2D eigenvalue weighted by molar-refractivity contribution is 5.77. The van der Waals surface area contributed by atoms with E-state index in [4.69, 9.17) is 5.73 Å². The zero-order valence-electron chi connectivity index (χ0n) is 7.05. The highest BCUT2D eigenvalue weighted by atomic mass is 16.1. The third-order valence-corrected chi connectivity index (χ3v) is 1.99. The van der Waals surface area contributed by atoms with E-state index >= 15 is 0 Å². The van der Waals surface area contributed by atoms with Gasteiger partial charge < -0.3 is 5.73 Å². The standard InChI is InChI=1S/C8H16N2O/c1-7(11)5-10-4-2-3-8(9)6-10/h8H,2-6,9H2,1H3. The van der Waals surface area contributed by atoms with Crippen LogP contribution in [-0.2, 0) is 4.79 Å². The van der Waals surface area contributed by atoms with E-state index in [1.54, 1.807) is 6.92 Å². The maximum atomic E-state index is 10.7. The van der Waals surface area contributed by atoms with Crippen LogP contribution in [0.4, 0.5) is 0 Å². The molecule has 1 heterocycles. The molecule has 0 aliphatic carbocycles. The third-order valence-electron chi connectivity index (χ3n) is 1.99. The first kappa shape index (κ1) is 8.68. The molecule has 0 aromatic carbocycles. The van der Waals surface area contributed by atoms with Crippen LogP contribution in [0.3, 0.4) is 0 Å². The first-order chi connectivity index (χ1) is 5.18. The maximum Gasteiger partial charge on any atom is 0.143 e. The van der Waals surface area contributed by atoms with Crippen LogP contribution >= 0.6 is 0 Å². The average molecular weight is 156 g/mol. The first-order valence-corrected chi connectivity index (χ1v) is 4.16. The van der Waals surface area contributed by atoms with Gasteiger partial charge in [0.1, 0.15) is 5.78 Å². The number of hydrogen-bond donors (Lipinski definition) is 1. The van der Waals surface area contributed by atoms with Crippen molar-refractivity contribution in [1.29, 1.82) is 0 Å². The minimum absolute atomic E-state index is 0.235. The van der Waals surface area contributed by atoms with Gasteiger partial charge in [0.15, 0.2) is 0 Å². The topological polar surface area (TPSA) is 46.3 Å². The second kappa shape index (κ2) is 3.83. The van der Waals surface area contributed by atoms with Crippen molar-refractivity contribution in [1.82, 2.24) is 4.90 Å². The molecule has 1 fully saturated rings. The number of hydrogen-bond acceptors (Lipinski definition) is 3. The maximum absolute atomic E-state index is 10.7. The molecule has 0 aromatic heterocycles. The number of Topliss-reactive ketones (excluding diaryl/α,β-unsaturated/α-hetero) is 1. The van der Waals surface area contributed by atoms with Crippen LogP contribution in [0.5, 0.6) is 0 Å². The Morgan fingerprint density at radius 3 is 3.00 bits per heavy atom. The number of carbonyl (C=O) groups is 1. The smallest absolute Gasteiger partial charge is 0.143 e. The van der Waals surface area contributed by atoms with Crippen LogP contribution in [0.1, 0.15) is 19.8 Å². The second-order valence-corrected chi connectivity index (χ2v) is 3.34. The number of rotatable bonds is 2. The van der Waals surface area contributed by atoms with Crippen molar-refractivity contribution >= 4 is 5.78 Å². The Morgan fingerprint density at radius 1 is 1.73 bits per heavy atom. The molecular formula is C8H16N2O. The van der Waals surface area contributed by atoms with Crippen LogP contribution < -0.4 is 5.73 Å². The van der Waals surface area contributed by atoms with Gasteiger partial charge in [0.25, 0.3) is 0 Å². The Balaban J connectivity index is 2.28. The van der Waals surface area contributed by atoms with E-state index in [9.17, 15) is 4.79 Å². The van der Waals surface area contributed by atoms with E-state index in [2.05, 4.69) is 4.90 Å². The summed E-state index contributed by atoms with van der Waals surface area (Å²) in [4.78, 5) is 12.9. The summed E-state index contributed by atoms with van der Waals surface area (Å²) in [6.45, 7) is 4.13. The third kappa shape index (κ3) is 2.99. The highest BCUT2D eigenvalue weighted by Crippen LogP contribution is 2.07. The number of nitrogens with zero attached hydrogens (tertiary/aromatic N) is 1. The predicted octanol–water partition coefficient (Wildman–Crippen LogP) is -0.00150. The Morgan fingerprint density at radius 2 is 2.45 bits per heavy atom. The van der Waals surface area contributed by atoms with E-state index in [1.165, 1.54) is 0 Å². The number of likely N-dealkylation sites (tertiary alicyclic amines) is 1. The zero-order chi connectivity index (χ0) is 8.27. The Bertz CT molecular complexity index is 147. The Labute approximate surface area is 67.5 Å². The van der Waals surface area contributed by atoms with Crippen molar-refractivity contribution in [3.8, 4) is 0 Å². The molecule has 3 heteroatoms. The molecule has 0 radical (unpaired) electrons. The van der Waals surface area contributed by atoms with Gasteiger partial charge >= 0.3 is 0 Å². The summed E-state index contributed by atoms with van der Waals surface area (Å²) >= 11 is 0. The fraction of sp³-hybridized carbons (Fsp3) is 0.875. The summed E-state index contributed by atoms with van der Waals surface area (Å²) in [5.74, 6) is 0.235. The molecule has 1 rings (SSSR count). The lowest BCUT2D eigenvalue weighted by Gasteiger charge is -2.29. The molecule has 1 saturated heterocycles. The van der Waals surface area contributed by atoms with Gasteiger partial charge in [-0.15, -0.1) is 0 Å². The minimum Gasteiger partial charge on any atom is -0.327 e. The molecule has 0 aromatic rings. The van der Waals surface area contributed by atoms with Crippen LogP contribution in [0.15, 0.2) is 0 Å². The van der Waals surface area contributed by atoms with Crippen molar-refractivity contribution in [3.63, 3.8) is 0 Å². The SMILES string of the molecule is CC(=O)CN1CCCC(N)C1.